The van der Waals surface area contributed by atoms with Gasteiger partial charge in [0.2, 0.25) is 0 Å². The zero-order valence-electron chi connectivity index (χ0n) is 10.0. The van der Waals surface area contributed by atoms with Crippen LogP contribution in [0, 0.1) is 6.92 Å². The lowest BCUT2D eigenvalue weighted by molar-refractivity contribution is -0.106. The summed E-state index contributed by atoms with van der Waals surface area (Å²) in [6, 6.07) is 14.9. The molecule has 0 saturated heterocycles. The van der Waals surface area contributed by atoms with E-state index in [1.54, 1.807) is 0 Å². The van der Waals surface area contributed by atoms with Crippen LogP contribution >= 0.6 is 0 Å². The summed E-state index contributed by atoms with van der Waals surface area (Å²) >= 11 is 0. The van der Waals surface area contributed by atoms with Gasteiger partial charge in [0.25, 0.3) is 0 Å². The van der Waals surface area contributed by atoms with Crippen LogP contribution in [-0.4, -0.2) is 11.3 Å². The van der Waals surface area contributed by atoms with Crippen molar-refractivity contribution in [3.8, 4) is 0 Å². The van der Waals surface area contributed by atoms with Crippen molar-refractivity contribution in [3.63, 3.8) is 0 Å². The van der Waals surface area contributed by atoms with Gasteiger partial charge in [-0.15, -0.1) is 0 Å². The number of aromatic nitrogens is 1. The molecule has 1 heterocycles. The standard InChI is InChI=1S/C13H11N.C2H4O/c1-9-6-7-13-11(8-9)10-4-2-3-5-12(10)14-13;1-2-3/h2-8,14H,1H3;2H,1H3. The SMILES string of the molecule is CC=O.Cc1ccc2[nH]c3ccccc3c2c1. The molecule has 0 atom stereocenters. The number of aromatic amines is 1. The van der Waals surface area contributed by atoms with Gasteiger partial charge in [0.05, 0.1) is 0 Å². The van der Waals surface area contributed by atoms with Crippen molar-refractivity contribution in [1.29, 1.82) is 0 Å². The first-order valence-electron chi connectivity index (χ1n) is 5.63. The van der Waals surface area contributed by atoms with E-state index in [1.807, 2.05) is 0 Å². The summed E-state index contributed by atoms with van der Waals surface area (Å²) < 4.78 is 0. The Morgan fingerprint density at radius 1 is 1.00 bits per heavy atom. The Hall–Kier alpha value is -2.09. The zero-order chi connectivity index (χ0) is 12.3. The van der Waals surface area contributed by atoms with Crippen molar-refractivity contribution in [2.45, 2.75) is 13.8 Å². The van der Waals surface area contributed by atoms with E-state index in [0.29, 0.717) is 0 Å². The second-order valence-corrected chi connectivity index (χ2v) is 3.96. The molecule has 3 aromatic rings. The molecule has 2 heteroatoms. The molecule has 0 fully saturated rings. The minimum atomic E-state index is 0.750. The molecule has 17 heavy (non-hydrogen) atoms. The van der Waals surface area contributed by atoms with E-state index in [1.165, 1.54) is 34.3 Å². The van der Waals surface area contributed by atoms with Crippen molar-refractivity contribution in [2.24, 2.45) is 0 Å². The normalized spacial score (nSPS) is 10.0. The monoisotopic (exact) mass is 225 g/mol. The summed E-state index contributed by atoms with van der Waals surface area (Å²) in [5.74, 6) is 0. The van der Waals surface area contributed by atoms with Gasteiger partial charge in [-0.1, -0.05) is 29.8 Å². The maximum Gasteiger partial charge on any atom is 0.116 e. The molecule has 0 unspecified atom stereocenters. The molecule has 1 N–H and O–H groups in total. The van der Waals surface area contributed by atoms with E-state index < -0.39 is 0 Å². The third kappa shape index (κ3) is 2.21. The third-order valence-corrected chi connectivity index (χ3v) is 2.66. The van der Waals surface area contributed by atoms with E-state index in [0.717, 1.165) is 6.29 Å². The van der Waals surface area contributed by atoms with Crippen LogP contribution in [0.3, 0.4) is 0 Å². The van der Waals surface area contributed by atoms with Gasteiger partial charge in [0.1, 0.15) is 6.29 Å². The lowest BCUT2D eigenvalue weighted by Gasteiger charge is -1.92. The van der Waals surface area contributed by atoms with Crippen LogP contribution in [0.25, 0.3) is 21.8 Å². The highest BCUT2D eigenvalue weighted by Crippen LogP contribution is 2.25. The number of carbonyl (C=O) groups excluding carboxylic acids is 1. The Morgan fingerprint density at radius 3 is 2.41 bits per heavy atom. The van der Waals surface area contributed by atoms with E-state index >= 15 is 0 Å². The van der Waals surface area contributed by atoms with Crippen LogP contribution in [0.15, 0.2) is 42.5 Å². The van der Waals surface area contributed by atoms with Gasteiger partial charge >= 0.3 is 0 Å². The first kappa shape index (κ1) is 11.4. The van der Waals surface area contributed by atoms with Gasteiger partial charge in [-0.25, -0.2) is 0 Å². The Bertz CT molecular complexity index is 652. The molecule has 0 aliphatic rings. The highest BCUT2D eigenvalue weighted by molar-refractivity contribution is 6.07. The summed E-state index contributed by atoms with van der Waals surface area (Å²) in [6.45, 7) is 3.57. The van der Waals surface area contributed by atoms with Crippen LogP contribution in [-0.2, 0) is 4.79 Å². The quantitative estimate of drug-likeness (QED) is 0.579. The number of hydrogen-bond donors (Lipinski definition) is 1. The number of aryl methyl sites for hydroxylation is 1. The van der Waals surface area contributed by atoms with Gasteiger partial charge in [-0.3, -0.25) is 0 Å². The number of nitrogens with one attached hydrogen (secondary N) is 1. The number of aldehydes is 1. The molecule has 0 spiro atoms. The van der Waals surface area contributed by atoms with Crippen molar-refractivity contribution < 1.29 is 4.79 Å². The highest BCUT2D eigenvalue weighted by atomic mass is 16.1. The molecule has 1 aromatic heterocycles. The minimum Gasteiger partial charge on any atom is -0.355 e. The molecule has 0 radical (unpaired) electrons. The molecular weight excluding hydrogens is 210 g/mol. The molecule has 0 aliphatic carbocycles. The molecule has 2 nitrogen and oxygen atoms in total. The molecule has 0 amide bonds. The van der Waals surface area contributed by atoms with Gasteiger partial charge < -0.3 is 9.78 Å². The fourth-order valence-corrected chi connectivity index (χ4v) is 1.96. The van der Waals surface area contributed by atoms with Gasteiger partial charge in [0, 0.05) is 21.8 Å². The lowest BCUT2D eigenvalue weighted by Crippen LogP contribution is -1.70. The van der Waals surface area contributed by atoms with E-state index in [-0.39, 0.29) is 0 Å². The maximum absolute atomic E-state index is 8.81. The number of fused-ring (bicyclic) bond motifs is 3. The third-order valence-electron chi connectivity index (χ3n) is 2.66. The molecule has 2 aromatic carbocycles. The van der Waals surface area contributed by atoms with Crippen LogP contribution in [0.5, 0.6) is 0 Å². The smallest absolute Gasteiger partial charge is 0.116 e. The van der Waals surface area contributed by atoms with Crippen LogP contribution in [0.2, 0.25) is 0 Å². The van der Waals surface area contributed by atoms with Gasteiger partial charge in [-0.2, -0.15) is 0 Å². The minimum absolute atomic E-state index is 0.750. The molecule has 0 saturated carbocycles. The van der Waals surface area contributed by atoms with E-state index in [4.69, 9.17) is 4.79 Å². The lowest BCUT2D eigenvalue weighted by atomic mass is 10.1. The largest absolute Gasteiger partial charge is 0.355 e. The van der Waals surface area contributed by atoms with Gasteiger partial charge in [0.15, 0.2) is 0 Å². The number of para-hydroxylation sites is 1. The summed E-state index contributed by atoms with van der Waals surface area (Å²) in [4.78, 5) is 12.2. The fraction of sp³-hybridized carbons (Fsp3) is 0.133. The van der Waals surface area contributed by atoms with Crippen LogP contribution < -0.4 is 0 Å². The molecular formula is C15H15NO. The van der Waals surface area contributed by atoms with Crippen LogP contribution in [0.1, 0.15) is 12.5 Å². The van der Waals surface area contributed by atoms with Gasteiger partial charge in [-0.05, 0) is 32.0 Å². The first-order chi connectivity index (χ1) is 8.26. The summed E-state index contributed by atoms with van der Waals surface area (Å²) in [7, 11) is 0. The average Bonchev–Trinajstić information content (AvgIpc) is 2.68. The van der Waals surface area contributed by atoms with E-state index in [9.17, 15) is 0 Å². The second-order valence-electron chi connectivity index (χ2n) is 3.96. The number of H-pyrrole nitrogens is 1. The second kappa shape index (κ2) is 4.83. The molecule has 3 rings (SSSR count). The van der Waals surface area contributed by atoms with Crippen molar-refractivity contribution >= 4 is 28.1 Å². The molecule has 0 aliphatic heterocycles. The molecule has 86 valence electrons. The highest BCUT2D eigenvalue weighted by Gasteiger charge is 2.01. The average molecular weight is 225 g/mol. The maximum atomic E-state index is 8.81. The first-order valence-corrected chi connectivity index (χ1v) is 5.63. The summed E-state index contributed by atoms with van der Waals surface area (Å²) in [6.07, 6.45) is 0.750. The summed E-state index contributed by atoms with van der Waals surface area (Å²) in [5, 5.41) is 2.63. The van der Waals surface area contributed by atoms with Crippen LogP contribution in [0.4, 0.5) is 0 Å². The predicted octanol–water partition coefficient (Wildman–Crippen LogP) is 3.83. The summed E-state index contributed by atoms with van der Waals surface area (Å²) in [5.41, 5.74) is 3.74. The van der Waals surface area contributed by atoms with Crippen molar-refractivity contribution in [3.05, 3.63) is 48.0 Å². The number of benzene rings is 2. The van der Waals surface area contributed by atoms with Crippen molar-refractivity contribution in [2.75, 3.05) is 0 Å². The fourth-order valence-electron chi connectivity index (χ4n) is 1.96. The Kier molecular flexibility index (Phi) is 3.24. The Balaban J connectivity index is 0.000000329. The Morgan fingerprint density at radius 2 is 1.65 bits per heavy atom. The van der Waals surface area contributed by atoms with E-state index in [2.05, 4.69) is 54.4 Å². The Labute approximate surface area is 100 Å². The number of hydrogen-bond acceptors (Lipinski definition) is 1. The zero-order valence-corrected chi connectivity index (χ0v) is 10.0. The molecule has 0 bridgehead atoms. The van der Waals surface area contributed by atoms with Crippen molar-refractivity contribution in [1.82, 2.24) is 4.98 Å². The topological polar surface area (TPSA) is 32.9 Å². The number of carbonyl (C=O) groups is 1. The number of rotatable bonds is 0. The predicted molar refractivity (Wildman–Crippen MR) is 72.3 cm³/mol.